The summed E-state index contributed by atoms with van der Waals surface area (Å²) in [5, 5.41) is 3.26. The zero-order chi connectivity index (χ0) is 12.1. The number of nitrogens with two attached hydrogens (primary N) is 1. The van der Waals surface area contributed by atoms with Gasteiger partial charge in [0.1, 0.15) is 6.29 Å². The molecule has 17 heavy (non-hydrogen) atoms. The van der Waals surface area contributed by atoms with Gasteiger partial charge in [0.2, 0.25) is 0 Å². The predicted octanol–water partition coefficient (Wildman–Crippen LogP) is 0.992. The summed E-state index contributed by atoms with van der Waals surface area (Å²) in [6.45, 7) is 1.01. The van der Waals surface area contributed by atoms with E-state index in [2.05, 4.69) is 29.0 Å². The van der Waals surface area contributed by atoms with E-state index in [1.807, 2.05) is 6.20 Å². The number of allylic oxidation sites excluding steroid dienone is 4. The highest BCUT2D eigenvalue weighted by molar-refractivity contribution is 5.58. The van der Waals surface area contributed by atoms with Gasteiger partial charge in [-0.05, 0) is 36.5 Å². The zero-order valence-electron chi connectivity index (χ0n) is 9.86. The maximum atomic E-state index is 10.7. The van der Waals surface area contributed by atoms with E-state index in [9.17, 15) is 4.79 Å². The smallest absolute Gasteiger partial charge is 0.124 e. The molecule has 92 valence electrons. The Labute approximate surface area is 102 Å². The number of hydrogen-bond acceptors (Lipinski definition) is 4. The number of carbonyl (C=O) groups excluding carboxylic acids is 1. The Morgan fingerprint density at radius 3 is 3.06 bits per heavy atom. The van der Waals surface area contributed by atoms with Gasteiger partial charge in [-0.1, -0.05) is 18.2 Å². The van der Waals surface area contributed by atoms with Crippen LogP contribution in [0.15, 0.2) is 35.7 Å². The topological polar surface area (TPSA) is 67.2 Å². The van der Waals surface area contributed by atoms with E-state index >= 15 is 0 Å². The monoisotopic (exact) mass is 233 g/mol. The van der Waals surface area contributed by atoms with Crippen LogP contribution in [-0.2, 0) is 4.79 Å². The first-order valence-corrected chi connectivity index (χ1v) is 6.05. The van der Waals surface area contributed by atoms with Crippen molar-refractivity contribution in [3.05, 3.63) is 35.7 Å². The quantitative estimate of drug-likeness (QED) is 0.385. The summed E-state index contributed by atoms with van der Waals surface area (Å²) in [7, 11) is 0. The molecule has 0 radical (unpaired) electrons. The molecule has 4 heteroatoms. The van der Waals surface area contributed by atoms with Crippen LogP contribution in [-0.4, -0.2) is 12.8 Å². The first-order chi connectivity index (χ1) is 8.35. The van der Waals surface area contributed by atoms with Crippen molar-refractivity contribution in [2.75, 3.05) is 6.54 Å². The molecular weight excluding hydrogens is 214 g/mol. The Balaban J connectivity index is 2.08. The van der Waals surface area contributed by atoms with Crippen molar-refractivity contribution >= 4 is 6.29 Å². The van der Waals surface area contributed by atoms with Crippen LogP contribution in [0.2, 0.25) is 0 Å². The van der Waals surface area contributed by atoms with Gasteiger partial charge < -0.3 is 15.5 Å². The molecular formula is C13H19N3O. The third-order valence-corrected chi connectivity index (χ3v) is 3.47. The largest absolute Gasteiger partial charge is 0.391 e. The van der Waals surface area contributed by atoms with Crippen molar-refractivity contribution in [2.24, 2.45) is 17.7 Å². The van der Waals surface area contributed by atoms with Gasteiger partial charge in [-0.2, -0.15) is 0 Å². The SMILES string of the molecule is NNC1=CCC(C2CC=CNC2)C=C1CC=O. The first kappa shape index (κ1) is 11.9. The maximum absolute atomic E-state index is 10.7. The van der Waals surface area contributed by atoms with Crippen LogP contribution in [0.4, 0.5) is 0 Å². The van der Waals surface area contributed by atoms with Crippen LogP contribution in [0, 0.1) is 11.8 Å². The minimum Gasteiger partial charge on any atom is -0.391 e. The molecule has 4 N–H and O–H groups in total. The maximum Gasteiger partial charge on any atom is 0.124 e. The van der Waals surface area contributed by atoms with Crippen LogP contribution in [0.25, 0.3) is 0 Å². The fourth-order valence-corrected chi connectivity index (χ4v) is 2.50. The van der Waals surface area contributed by atoms with Crippen LogP contribution >= 0.6 is 0 Å². The summed E-state index contributed by atoms with van der Waals surface area (Å²) < 4.78 is 0. The molecule has 0 fully saturated rings. The number of nitrogens with one attached hydrogen (secondary N) is 2. The van der Waals surface area contributed by atoms with Crippen LogP contribution < -0.4 is 16.6 Å². The highest BCUT2D eigenvalue weighted by atomic mass is 16.1. The van der Waals surface area contributed by atoms with Crippen molar-refractivity contribution in [2.45, 2.75) is 19.3 Å². The molecule has 1 heterocycles. The van der Waals surface area contributed by atoms with Gasteiger partial charge >= 0.3 is 0 Å². The van der Waals surface area contributed by atoms with Crippen molar-refractivity contribution in [1.29, 1.82) is 0 Å². The fourth-order valence-electron chi connectivity index (χ4n) is 2.50. The molecule has 2 unspecified atom stereocenters. The summed E-state index contributed by atoms with van der Waals surface area (Å²) in [4.78, 5) is 10.7. The number of rotatable bonds is 4. The Morgan fingerprint density at radius 2 is 2.41 bits per heavy atom. The lowest BCUT2D eigenvalue weighted by Gasteiger charge is -2.29. The number of hydrazine groups is 1. The van der Waals surface area contributed by atoms with Crippen molar-refractivity contribution < 1.29 is 4.79 Å². The van der Waals surface area contributed by atoms with Crippen LogP contribution in [0.1, 0.15) is 19.3 Å². The summed E-state index contributed by atoms with van der Waals surface area (Å²) in [6, 6.07) is 0. The Kier molecular flexibility index (Phi) is 3.98. The highest BCUT2D eigenvalue weighted by Crippen LogP contribution is 2.30. The van der Waals surface area contributed by atoms with Gasteiger partial charge in [-0.3, -0.25) is 5.84 Å². The summed E-state index contributed by atoms with van der Waals surface area (Å²) in [6.07, 6.45) is 11.9. The average Bonchev–Trinajstić information content (AvgIpc) is 2.40. The molecule has 0 aromatic heterocycles. The lowest BCUT2D eigenvalue weighted by Crippen LogP contribution is -2.30. The molecule has 1 aliphatic heterocycles. The molecule has 0 saturated carbocycles. The molecule has 4 nitrogen and oxygen atoms in total. The van der Waals surface area contributed by atoms with Crippen molar-refractivity contribution in [1.82, 2.24) is 10.7 Å². The molecule has 0 spiro atoms. The molecule has 1 aliphatic carbocycles. The van der Waals surface area contributed by atoms with Gasteiger partial charge in [0.05, 0.1) is 0 Å². The minimum absolute atomic E-state index is 0.433. The third-order valence-electron chi connectivity index (χ3n) is 3.47. The number of carbonyl (C=O) groups is 1. The van der Waals surface area contributed by atoms with E-state index in [1.54, 1.807) is 0 Å². The Morgan fingerprint density at radius 1 is 1.53 bits per heavy atom. The molecule has 0 bridgehead atoms. The lowest BCUT2D eigenvalue weighted by atomic mass is 9.81. The van der Waals surface area contributed by atoms with Crippen LogP contribution in [0.3, 0.4) is 0 Å². The molecule has 2 rings (SSSR count). The van der Waals surface area contributed by atoms with Gasteiger partial charge in [0.15, 0.2) is 0 Å². The second-order valence-electron chi connectivity index (χ2n) is 4.53. The highest BCUT2D eigenvalue weighted by Gasteiger charge is 2.23. The standard InChI is InChI=1S/C13H19N3O/c14-16-13-4-3-10(8-11(13)5-7-17)12-2-1-6-15-9-12/h1,4,6-8,10,12,15-16H,2-3,5,9,14H2. The van der Waals surface area contributed by atoms with Gasteiger partial charge in [-0.15, -0.1) is 0 Å². The molecule has 0 aromatic rings. The predicted molar refractivity (Wildman–Crippen MR) is 67.5 cm³/mol. The summed E-state index contributed by atoms with van der Waals surface area (Å²) in [5.41, 5.74) is 4.58. The average molecular weight is 233 g/mol. The first-order valence-electron chi connectivity index (χ1n) is 6.05. The molecule has 2 aliphatic rings. The Hall–Kier alpha value is -1.55. The van der Waals surface area contributed by atoms with E-state index in [0.717, 1.165) is 36.9 Å². The molecule has 0 amide bonds. The normalized spacial score (nSPS) is 27.8. The van der Waals surface area contributed by atoms with Crippen molar-refractivity contribution in [3.8, 4) is 0 Å². The molecule has 0 saturated heterocycles. The van der Waals surface area contributed by atoms with E-state index in [0.29, 0.717) is 18.3 Å². The van der Waals surface area contributed by atoms with Gasteiger partial charge in [0, 0.05) is 18.7 Å². The summed E-state index contributed by atoms with van der Waals surface area (Å²) >= 11 is 0. The third kappa shape index (κ3) is 2.77. The van der Waals surface area contributed by atoms with E-state index in [4.69, 9.17) is 5.84 Å². The second-order valence-corrected chi connectivity index (χ2v) is 4.53. The number of hydrogen-bond donors (Lipinski definition) is 3. The van der Waals surface area contributed by atoms with Crippen LogP contribution in [0.5, 0.6) is 0 Å². The molecule has 0 aromatic carbocycles. The minimum atomic E-state index is 0.433. The second kappa shape index (κ2) is 5.68. The van der Waals surface area contributed by atoms with Gasteiger partial charge in [-0.25, -0.2) is 0 Å². The fraction of sp³-hybridized carbons (Fsp3) is 0.462. The number of aldehydes is 1. The van der Waals surface area contributed by atoms with Gasteiger partial charge in [0.25, 0.3) is 0 Å². The van der Waals surface area contributed by atoms with Crippen molar-refractivity contribution in [3.63, 3.8) is 0 Å². The summed E-state index contributed by atoms with van der Waals surface area (Å²) in [5.74, 6) is 6.56. The molecule has 2 atom stereocenters. The Bertz CT molecular complexity index is 371. The van der Waals surface area contributed by atoms with E-state index < -0.39 is 0 Å². The zero-order valence-corrected chi connectivity index (χ0v) is 9.86. The van der Waals surface area contributed by atoms with E-state index in [-0.39, 0.29) is 0 Å². The van der Waals surface area contributed by atoms with E-state index in [1.165, 1.54) is 0 Å². The lowest BCUT2D eigenvalue weighted by molar-refractivity contribution is -0.107.